The molecule has 2 aromatic rings. The second-order valence-electron chi connectivity index (χ2n) is 3.64. The van der Waals surface area contributed by atoms with Gasteiger partial charge in [-0.25, -0.2) is 4.98 Å². The third-order valence-electron chi connectivity index (χ3n) is 2.13. The summed E-state index contributed by atoms with van der Waals surface area (Å²) in [7, 11) is 0. The molecule has 0 fully saturated rings. The highest BCUT2D eigenvalue weighted by Gasteiger charge is 2.18. The molecular weight excluding hydrogens is 250 g/mol. The Hall–Kier alpha value is -2.63. The minimum atomic E-state index is -0.538. The van der Waals surface area contributed by atoms with Gasteiger partial charge in [0.25, 0.3) is 6.39 Å². The lowest BCUT2D eigenvalue weighted by molar-refractivity contribution is -0.134. The molecule has 0 aliphatic heterocycles. The molecule has 6 heteroatoms. The van der Waals surface area contributed by atoms with E-state index in [1.54, 1.807) is 12.1 Å². The molecule has 19 heavy (non-hydrogen) atoms. The number of carbonyl (C=O) groups excluding carboxylic acids is 2. The number of nitrogens with zero attached hydrogens (tertiary/aromatic N) is 1. The molecule has 2 rings (SSSR count). The van der Waals surface area contributed by atoms with Crippen molar-refractivity contribution < 1.29 is 23.5 Å². The van der Waals surface area contributed by atoms with Crippen LogP contribution in [0.3, 0.4) is 0 Å². The van der Waals surface area contributed by atoms with Gasteiger partial charge in [0.05, 0.1) is 11.8 Å². The first-order valence-electron chi connectivity index (χ1n) is 5.40. The summed E-state index contributed by atoms with van der Waals surface area (Å²) < 4.78 is 15.1. The SMILES string of the molecule is CC(=O)Oc1cccc(-c2cn[c]o2)c1OC(C)=O. The van der Waals surface area contributed by atoms with Gasteiger partial charge in [-0.3, -0.25) is 9.59 Å². The van der Waals surface area contributed by atoms with Crippen LogP contribution in [0, 0.1) is 6.39 Å². The second kappa shape index (κ2) is 5.34. The van der Waals surface area contributed by atoms with Gasteiger partial charge in [0, 0.05) is 13.8 Å². The fourth-order valence-corrected chi connectivity index (χ4v) is 1.51. The number of carbonyl (C=O) groups is 2. The number of para-hydroxylation sites is 1. The van der Waals surface area contributed by atoms with Crippen molar-refractivity contribution in [3.05, 3.63) is 30.8 Å². The van der Waals surface area contributed by atoms with Gasteiger partial charge >= 0.3 is 11.9 Å². The van der Waals surface area contributed by atoms with Gasteiger partial charge < -0.3 is 13.9 Å². The van der Waals surface area contributed by atoms with E-state index in [1.807, 2.05) is 0 Å². The molecule has 0 N–H and O–H groups in total. The summed E-state index contributed by atoms with van der Waals surface area (Å²) in [4.78, 5) is 25.9. The van der Waals surface area contributed by atoms with E-state index in [0.717, 1.165) is 0 Å². The molecule has 0 saturated heterocycles. The maximum atomic E-state index is 11.2. The molecule has 0 bridgehead atoms. The lowest BCUT2D eigenvalue weighted by Gasteiger charge is -2.11. The second-order valence-corrected chi connectivity index (χ2v) is 3.64. The first-order chi connectivity index (χ1) is 9.08. The number of rotatable bonds is 3. The van der Waals surface area contributed by atoms with E-state index in [2.05, 4.69) is 11.4 Å². The number of benzene rings is 1. The van der Waals surface area contributed by atoms with Gasteiger partial charge in [0.1, 0.15) is 0 Å². The standard InChI is InChI=1S/C13H10NO5/c1-8(15)18-11-5-3-4-10(12-6-14-7-17-12)13(11)19-9(2)16/h3-6H,1-2H3. The highest BCUT2D eigenvalue weighted by atomic mass is 16.6. The Morgan fingerprint density at radius 3 is 2.53 bits per heavy atom. The predicted molar refractivity (Wildman–Crippen MR) is 63.4 cm³/mol. The zero-order valence-corrected chi connectivity index (χ0v) is 10.3. The maximum absolute atomic E-state index is 11.2. The summed E-state index contributed by atoms with van der Waals surface area (Å²) >= 11 is 0. The van der Waals surface area contributed by atoms with Gasteiger partial charge in [-0.05, 0) is 12.1 Å². The van der Waals surface area contributed by atoms with Crippen LogP contribution in [-0.2, 0) is 9.59 Å². The highest BCUT2D eigenvalue weighted by Crippen LogP contribution is 2.38. The quantitative estimate of drug-likeness (QED) is 0.620. The van der Waals surface area contributed by atoms with Crippen molar-refractivity contribution in [1.29, 1.82) is 0 Å². The van der Waals surface area contributed by atoms with Crippen LogP contribution in [0.5, 0.6) is 11.5 Å². The maximum Gasteiger partial charge on any atom is 0.308 e. The van der Waals surface area contributed by atoms with Crippen LogP contribution < -0.4 is 9.47 Å². The zero-order valence-electron chi connectivity index (χ0n) is 10.3. The topological polar surface area (TPSA) is 78.6 Å². The van der Waals surface area contributed by atoms with Crippen LogP contribution in [-0.4, -0.2) is 16.9 Å². The van der Waals surface area contributed by atoms with E-state index < -0.39 is 11.9 Å². The van der Waals surface area contributed by atoms with Crippen molar-refractivity contribution in [2.24, 2.45) is 0 Å². The molecular formula is C13H10NO5. The van der Waals surface area contributed by atoms with E-state index in [9.17, 15) is 9.59 Å². The fourth-order valence-electron chi connectivity index (χ4n) is 1.51. The molecule has 6 nitrogen and oxygen atoms in total. The molecule has 1 aromatic heterocycles. The lowest BCUT2D eigenvalue weighted by atomic mass is 10.1. The van der Waals surface area contributed by atoms with Crippen molar-refractivity contribution in [1.82, 2.24) is 4.98 Å². The summed E-state index contributed by atoms with van der Waals surface area (Å²) in [5.74, 6) is -0.462. The van der Waals surface area contributed by atoms with Crippen molar-refractivity contribution in [3.8, 4) is 22.8 Å². The lowest BCUT2D eigenvalue weighted by Crippen LogP contribution is -2.08. The summed E-state index contributed by atoms with van der Waals surface area (Å²) in [6.07, 6.45) is 3.71. The van der Waals surface area contributed by atoms with Gasteiger partial charge in [0.15, 0.2) is 17.3 Å². The number of hydrogen-bond acceptors (Lipinski definition) is 6. The minimum Gasteiger partial charge on any atom is -0.432 e. The summed E-state index contributed by atoms with van der Waals surface area (Å²) in [5.41, 5.74) is 0.447. The van der Waals surface area contributed by atoms with Crippen LogP contribution in [0.15, 0.2) is 28.8 Å². The molecule has 1 aromatic carbocycles. The molecule has 1 radical (unpaired) electrons. The molecule has 0 spiro atoms. The smallest absolute Gasteiger partial charge is 0.308 e. The molecule has 0 amide bonds. The third kappa shape index (κ3) is 2.98. The normalized spacial score (nSPS) is 10.0. The van der Waals surface area contributed by atoms with Crippen LogP contribution in [0.2, 0.25) is 0 Å². The van der Waals surface area contributed by atoms with Gasteiger partial charge in [-0.15, -0.1) is 0 Å². The molecule has 97 valence electrons. The Kier molecular flexibility index (Phi) is 3.61. The number of hydrogen-bond donors (Lipinski definition) is 0. The first-order valence-corrected chi connectivity index (χ1v) is 5.40. The van der Waals surface area contributed by atoms with Crippen molar-refractivity contribution in [3.63, 3.8) is 0 Å². The summed E-state index contributed by atoms with van der Waals surface area (Å²) in [6, 6.07) is 4.81. The number of oxazole rings is 1. The van der Waals surface area contributed by atoms with Crippen LogP contribution in [0.25, 0.3) is 11.3 Å². The molecule has 0 saturated carbocycles. The Morgan fingerprint density at radius 2 is 1.95 bits per heavy atom. The fraction of sp³-hybridized carbons (Fsp3) is 0.154. The zero-order chi connectivity index (χ0) is 13.8. The summed E-state index contributed by atoms with van der Waals surface area (Å²) in [5, 5.41) is 0. The van der Waals surface area contributed by atoms with Gasteiger partial charge in [-0.2, -0.15) is 0 Å². The third-order valence-corrected chi connectivity index (χ3v) is 2.13. The summed E-state index contributed by atoms with van der Waals surface area (Å²) in [6.45, 7) is 2.51. The average molecular weight is 260 g/mol. The monoisotopic (exact) mass is 260 g/mol. The van der Waals surface area contributed by atoms with Crippen molar-refractivity contribution in [2.75, 3.05) is 0 Å². The Bertz CT molecular complexity index is 604. The molecule has 0 aliphatic rings. The van der Waals surface area contributed by atoms with Gasteiger partial charge in [-0.1, -0.05) is 6.07 Å². The number of aromatic nitrogens is 1. The largest absolute Gasteiger partial charge is 0.432 e. The van der Waals surface area contributed by atoms with E-state index >= 15 is 0 Å². The van der Waals surface area contributed by atoms with Crippen LogP contribution in [0.1, 0.15) is 13.8 Å². The predicted octanol–water partition coefficient (Wildman–Crippen LogP) is 1.99. The van der Waals surface area contributed by atoms with E-state index in [1.165, 1.54) is 26.1 Å². The molecule has 0 unspecified atom stereocenters. The molecule has 0 atom stereocenters. The van der Waals surface area contributed by atoms with Crippen molar-refractivity contribution in [2.45, 2.75) is 13.8 Å². The van der Waals surface area contributed by atoms with E-state index in [-0.39, 0.29) is 11.5 Å². The Morgan fingerprint density at radius 1 is 1.21 bits per heavy atom. The first kappa shape index (κ1) is 12.8. The van der Waals surface area contributed by atoms with E-state index in [4.69, 9.17) is 13.9 Å². The highest BCUT2D eigenvalue weighted by molar-refractivity contribution is 5.79. The molecule has 0 aliphatic carbocycles. The van der Waals surface area contributed by atoms with Crippen molar-refractivity contribution >= 4 is 11.9 Å². The number of esters is 2. The minimum absolute atomic E-state index is 0.107. The average Bonchev–Trinajstić information content (AvgIpc) is 2.83. The van der Waals surface area contributed by atoms with Gasteiger partial charge in [0.2, 0.25) is 0 Å². The Labute approximate surface area is 109 Å². The Balaban J connectivity index is 2.53. The van der Waals surface area contributed by atoms with E-state index in [0.29, 0.717) is 11.3 Å². The number of ether oxygens (including phenoxy) is 2. The molecule has 1 heterocycles. The van der Waals surface area contributed by atoms with Crippen LogP contribution in [0.4, 0.5) is 0 Å². The van der Waals surface area contributed by atoms with Crippen LogP contribution >= 0.6 is 0 Å².